The first kappa shape index (κ1) is 22.6. The van der Waals surface area contributed by atoms with Crippen molar-refractivity contribution in [1.82, 2.24) is 0 Å². The molecule has 0 radical (unpaired) electrons. The van der Waals surface area contributed by atoms with Gasteiger partial charge in [0.15, 0.2) is 23.1 Å². The fourth-order valence-electron chi connectivity index (χ4n) is 3.93. The highest BCUT2D eigenvalue weighted by molar-refractivity contribution is 5.67. The van der Waals surface area contributed by atoms with Crippen molar-refractivity contribution in [2.75, 3.05) is 0 Å². The van der Waals surface area contributed by atoms with Gasteiger partial charge in [0.2, 0.25) is 17.5 Å². The highest BCUT2D eigenvalue weighted by atomic mass is 19.2. The quantitative estimate of drug-likeness (QED) is 0.414. The maximum atomic E-state index is 14.7. The summed E-state index contributed by atoms with van der Waals surface area (Å²) in [6, 6.07) is 8.88. The average molecular weight is 462 g/mol. The molecule has 0 bridgehead atoms. The molecule has 2 N–H and O–H groups in total. The number of aromatic hydroxyl groups is 2. The van der Waals surface area contributed by atoms with Crippen LogP contribution in [0.15, 0.2) is 48.5 Å². The summed E-state index contributed by atoms with van der Waals surface area (Å²) in [5.41, 5.74) is 1.64. The van der Waals surface area contributed by atoms with Crippen molar-refractivity contribution in [2.45, 2.75) is 31.8 Å². The van der Waals surface area contributed by atoms with Gasteiger partial charge in [-0.25, -0.2) is 8.78 Å². The zero-order valence-corrected chi connectivity index (χ0v) is 17.2. The maximum absolute atomic E-state index is 14.7. The Kier molecular flexibility index (Phi) is 6.26. The standard InChI is InChI=1S/C25H19F5O3/c26-18-11-13(12-33-21-10-9-20(32)24(29)25(21)30)1-6-16(18)14-2-4-15(5-3-14)17-7-8-19(31)23(28)22(17)27/h1-2,6-11,15,31-32H,3-5,12H2. The molecule has 3 aromatic carbocycles. The van der Waals surface area contributed by atoms with E-state index >= 15 is 0 Å². The van der Waals surface area contributed by atoms with Crippen molar-refractivity contribution < 1.29 is 36.9 Å². The second kappa shape index (κ2) is 9.13. The van der Waals surface area contributed by atoms with Crippen LogP contribution < -0.4 is 4.74 Å². The Morgan fingerprint density at radius 2 is 1.52 bits per heavy atom. The van der Waals surface area contributed by atoms with Gasteiger partial charge in [0.05, 0.1) is 0 Å². The first-order chi connectivity index (χ1) is 15.8. The second-order valence-electron chi connectivity index (χ2n) is 7.82. The number of rotatable bonds is 5. The van der Waals surface area contributed by atoms with Gasteiger partial charge in [0.1, 0.15) is 12.4 Å². The molecule has 1 aliphatic carbocycles. The maximum Gasteiger partial charge on any atom is 0.204 e. The molecule has 1 unspecified atom stereocenters. The molecule has 0 fully saturated rings. The van der Waals surface area contributed by atoms with Crippen LogP contribution in [0.4, 0.5) is 22.0 Å². The molecule has 33 heavy (non-hydrogen) atoms. The highest BCUT2D eigenvalue weighted by Gasteiger charge is 2.24. The number of hydrogen-bond donors (Lipinski definition) is 2. The highest BCUT2D eigenvalue weighted by Crippen LogP contribution is 2.39. The lowest BCUT2D eigenvalue weighted by atomic mass is 9.82. The Morgan fingerprint density at radius 3 is 2.18 bits per heavy atom. The summed E-state index contributed by atoms with van der Waals surface area (Å²) >= 11 is 0. The van der Waals surface area contributed by atoms with Crippen LogP contribution in [-0.4, -0.2) is 10.2 Å². The minimum Gasteiger partial charge on any atom is -0.505 e. The molecule has 3 nitrogen and oxygen atoms in total. The van der Waals surface area contributed by atoms with E-state index < -0.39 is 46.3 Å². The summed E-state index contributed by atoms with van der Waals surface area (Å²) in [7, 11) is 0. The van der Waals surface area contributed by atoms with Crippen LogP contribution in [0, 0.1) is 29.1 Å². The zero-order valence-electron chi connectivity index (χ0n) is 17.2. The Bertz CT molecular complexity index is 1240. The van der Waals surface area contributed by atoms with Gasteiger partial charge in [-0.15, -0.1) is 0 Å². The molecule has 0 saturated carbocycles. The second-order valence-corrected chi connectivity index (χ2v) is 7.82. The van der Waals surface area contributed by atoms with Crippen LogP contribution in [0.1, 0.15) is 41.9 Å². The predicted octanol–water partition coefficient (Wildman–Crippen LogP) is 6.72. The molecule has 3 aromatic rings. The van der Waals surface area contributed by atoms with Gasteiger partial charge in [-0.2, -0.15) is 13.2 Å². The van der Waals surface area contributed by atoms with Gasteiger partial charge in [-0.3, -0.25) is 0 Å². The monoisotopic (exact) mass is 462 g/mol. The van der Waals surface area contributed by atoms with Crippen LogP contribution in [-0.2, 0) is 6.61 Å². The molecule has 4 rings (SSSR count). The van der Waals surface area contributed by atoms with Crippen LogP contribution >= 0.6 is 0 Å². The lowest BCUT2D eigenvalue weighted by Crippen LogP contribution is -2.08. The number of hydrogen-bond acceptors (Lipinski definition) is 3. The van der Waals surface area contributed by atoms with Crippen molar-refractivity contribution in [3.8, 4) is 17.2 Å². The molecule has 0 amide bonds. The Labute approximate surface area is 186 Å². The zero-order chi connectivity index (χ0) is 23.7. The Balaban J connectivity index is 1.45. The van der Waals surface area contributed by atoms with Gasteiger partial charge in [0, 0.05) is 5.56 Å². The normalized spacial score (nSPS) is 15.9. The van der Waals surface area contributed by atoms with E-state index in [0.29, 0.717) is 30.4 Å². The van der Waals surface area contributed by atoms with Crippen molar-refractivity contribution in [3.63, 3.8) is 0 Å². The number of allylic oxidation sites excluding steroid dienone is 2. The lowest BCUT2D eigenvalue weighted by Gasteiger charge is -2.23. The van der Waals surface area contributed by atoms with Crippen LogP contribution in [0.5, 0.6) is 17.2 Å². The van der Waals surface area contributed by atoms with E-state index in [9.17, 15) is 27.1 Å². The third-order valence-electron chi connectivity index (χ3n) is 5.74. The Hall–Kier alpha value is -3.55. The number of halogens is 5. The molecule has 1 atom stereocenters. The molecule has 8 heteroatoms. The summed E-state index contributed by atoms with van der Waals surface area (Å²) in [4.78, 5) is 0. The molecular weight excluding hydrogens is 443 g/mol. The van der Waals surface area contributed by atoms with Crippen molar-refractivity contribution >= 4 is 5.57 Å². The molecule has 0 saturated heterocycles. The molecule has 172 valence electrons. The molecule has 0 spiro atoms. The van der Waals surface area contributed by atoms with E-state index in [1.807, 2.05) is 0 Å². The van der Waals surface area contributed by atoms with Crippen molar-refractivity contribution in [1.29, 1.82) is 0 Å². The predicted molar refractivity (Wildman–Crippen MR) is 111 cm³/mol. The summed E-state index contributed by atoms with van der Waals surface area (Å²) in [5.74, 6) is -7.91. The first-order valence-corrected chi connectivity index (χ1v) is 10.2. The summed E-state index contributed by atoms with van der Waals surface area (Å²) < 4.78 is 74.9. The van der Waals surface area contributed by atoms with Gasteiger partial charge in [0.25, 0.3) is 0 Å². The van der Waals surface area contributed by atoms with Crippen molar-refractivity contribution in [3.05, 3.63) is 94.3 Å². The molecular formula is C25H19F5O3. The van der Waals surface area contributed by atoms with Crippen LogP contribution in [0.25, 0.3) is 5.57 Å². The Morgan fingerprint density at radius 1 is 0.818 bits per heavy atom. The van der Waals surface area contributed by atoms with E-state index in [4.69, 9.17) is 9.84 Å². The van der Waals surface area contributed by atoms with Crippen LogP contribution in [0.3, 0.4) is 0 Å². The number of benzene rings is 3. The van der Waals surface area contributed by atoms with Gasteiger partial charge < -0.3 is 14.9 Å². The third kappa shape index (κ3) is 4.51. The average Bonchev–Trinajstić information content (AvgIpc) is 2.81. The van der Waals surface area contributed by atoms with E-state index in [1.165, 1.54) is 12.1 Å². The summed E-state index contributed by atoms with van der Waals surface area (Å²) in [6.07, 6.45) is 3.08. The van der Waals surface area contributed by atoms with Crippen molar-refractivity contribution in [2.24, 2.45) is 0 Å². The fourth-order valence-corrected chi connectivity index (χ4v) is 3.93. The minimum absolute atomic E-state index is 0.173. The fraction of sp³-hybridized carbons (Fsp3) is 0.200. The number of phenolic OH excluding ortho intramolecular Hbond substituents is 2. The van der Waals surface area contributed by atoms with Gasteiger partial charge >= 0.3 is 0 Å². The summed E-state index contributed by atoms with van der Waals surface area (Å²) in [6.45, 7) is -0.217. The summed E-state index contributed by atoms with van der Waals surface area (Å²) in [5, 5.41) is 18.4. The third-order valence-corrected chi connectivity index (χ3v) is 5.74. The topological polar surface area (TPSA) is 49.7 Å². The van der Waals surface area contributed by atoms with E-state index in [0.717, 1.165) is 23.8 Å². The van der Waals surface area contributed by atoms with E-state index in [2.05, 4.69) is 0 Å². The van der Waals surface area contributed by atoms with Gasteiger partial charge in [-0.05, 0) is 66.1 Å². The van der Waals surface area contributed by atoms with Crippen LogP contribution in [0.2, 0.25) is 0 Å². The molecule has 1 aliphatic rings. The molecule has 0 heterocycles. The largest absolute Gasteiger partial charge is 0.505 e. The first-order valence-electron chi connectivity index (χ1n) is 10.2. The SMILES string of the molecule is Oc1ccc(OCc2ccc(C3=CCC(c4ccc(O)c(F)c4F)CC3)c(F)c2)c(F)c1F. The number of phenols is 2. The molecule has 0 aromatic heterocycles. The number of ether oxygens (including phenoxy) is 1. The lowest BCUT2D eigenvalue weighted by molar-refractivity contribution is 0.280. The van der Waals surface area contributed by atoms with Gasteiger partial charge in [-0.1, -0.05) is 24.3 Å². The molecule has 0 aliphatic heterocycles. The van der Waals surface area contributed by atoms with E-state index in [1.54, 1.807) is 18.2 Å². The minimum atomic E-state index is -1.42. The smallest absolute Gasteiger partial charge is 0.204 e. The van der Waals surface area contributed by atoms with E-state index in [-0.39, 0.29) is 18.1 Å².